The second-order valence-electron chi connectivity index (χ2n) is 10.9. The first-order valence-corrected chi connectivity index (χ1v) is 14.1. The molecule has 3 unspecified atom stereocenters. The van der Waals surface area contributed by atoms with E-state index in [-0.39, 0.29) is 61.2 Å². The van der Waals surface area contributed by atoms with Crippen molar-refractivity contribution in [1.29, 1.82) is 0 Å². The molecule has 0 heterocycles. The van der Waals surface area contributed by atoms with Crippen LogP contribution in [0, 0.1) is 17.8 Å². The van der Waals surface area contributed by atoms with Crippen LogP contribution in [-0.4, -0.2) is 48.9 Å². The smallest absolute Gasteiger partial charge is 0.461 e. The van der Waals surface area contributed by atoms with Crippen LogP contribution < -0.4 is 15.2 Å². The van der Waals surface area contributed by atoms with Crippen molar-refractivity contribution < 1.29 is 42.9 Å². The first-order chi connectivity index (χ1) is 18.7. The Hall–Kier alpha value is -3.14. The Kier molecular flexibility index (Phi) is 15.3. The maximum Gasteiger partial charge on any atom is 0.508 e. The maximum atomic E-state index is 12.5. The Bertz CT molecular complexity index is 978. The lowest BCUT2D eigenvalue weighted by molar-refractivity contribution is -0.148. The highest BCUT2D eigenvalue weighted by Gasteiger charge is 2.22. The molecule has 0 spiro atoms. The average molecular weight is 566 g/mol. The van der Waals surface area contributed by atoms with E-state index in [0.717, 1.165) is 12.8 Å². The van der Waals surface area contributed by atoms with Crippen LogP contribution >= 0.6 is 0 Å². The zero-order valence-electron chi connectivity index (χ0n) is 25.2. The first-order valence-electron chi connectivity index (χ1n) is 14.1. The topological polar surface area (TPSA) is 140 Å². The molecule has 1 rings (SSSR count). The summed E-state index contributed by atoms with van der Waals surface area (Å²) in [5, 5.41) is 0. The Morgan fingerprint density at radius 2 is 1.35 bits per heavy atom. The zero-order valence-corrected chi connectivity index (χ0v) is 25.2. The van der Waals surface area contributed by atoms with E-state index in [1.165, 1.54) is 12.1 Å². The third-order valence-electron chi connectivity index (χ3n) is 6.62. The Balaban J connectivity index is 2.85. The molecule has 10 heteroatoms. The minimum atomic E-state index is -1.04. The summed E-state index contributed by atoms with van der Waals surface area (Å²) >= 11 is 0. The highest BCUT2D eigenvalue weighted by Crippen LogP contribution is 2.30. The molecule has 0 saturated carbocycles. The van der Waals surface area contributed by atoms with Gasteiger partial charge in [0.05, 0.1) is 0 Å². The van der Waals surface area contributed by atoms with E-state index < -0.39 is 36.2 Å². The van der Waals surface area contributed by atoms with E-state index in [9.17, 15) is 19.2 Å². The summed E-state index contributed by atoms with van der Waals surface area (Å²) in [6.45, 7) is 14.8. The van der Waals surface area contributed by atoms with Crippen molar-refractivity contribution in [3.63, 3.8) is 0 Å². The minimum Gasteiger partial charge on any atom is -0.461 e. The highest BCUT2D eigenvalue weighted by molar-refractivity contribution is 5.77. The van der Waals surface area contributed by atoms with Crippen molar-refractivity contribution in [1.82, 2.24) is 0 Å². The molecule has 2 N–H and O–H groups in total. The molecule has 0 aliphatic heterocycles. The van der Waals surface area contributed by atoms with Crippen LogP contribution in [0.15, 0.2) is 18.2 Å². The summed E-state index contributed by atoms with van der Waals surface area (Å²) in [6.07, 6.45) is 0.251. The van der Waals surface area contributed by atoms with E-state index in [1.807, 2.05) is 41.5 Å². The number of esters is 3. The van der Waals surface area contributed by atoms with Crippen LogP contribution in [-0.2, 0) is 35.0 Å². The molecule has 0 amide bonds. The van der Waals surface area contributed by atoms with Crippen molar-refractivity contribution in [2.75, 3.05) is 6.61 Å². The fourth-order valence-electron chi connectivity index (χ4n) is 3.19. The summed E-state index contributed by atoms with van der Waals surface area (Å²) in [5.74, 6) is -0.968. The van der Waals surface area contributed by atoms with E-state index in [4.69, 9.17) is 29.4 Å². The van der Waals surface area contributed by atoms with Gasteiger partial charge >= 0.3 is 24.1 Å². The standard InChI is InChI=1S/C30H47NO9/c1-9-19(5)13-27(32)39-25-12-11-23(16-26(25)40-28(33)14-20(6)10-2)15-24(31)29(34)36-17-21(7)37-30(35)38-22(8)18(3)4/h11-12,16,18-22,24H,9-10,13-15,17,31H2,1-8H3/t19?,20?,21-,22?,24-/m0/s1. The van der Waals surface area contributed by atoms with Crippen LogP contribution in [0.25, 0.3) is 0 Å². The first kappa shape index (κ1) is 34.9. The van der Waals surface area contributed by atoms with Crippen molar-refractivity contribution in [2.24, 2.45) is 23.5 Å². The number of carbonyl (C=O) groups is 4. The third-order valence-corrected chi connectivity index (χ3v) is 6.62. The lowest BCUT2D eigenvalue weighted by Crippen LogP contribution is -2.36. The van der Waals surface area contributed by atoms with Gasteiger partial charge in [0.1, 0.15) is 24.9 Å². The summed E-state index contributed by atoms with van der Waals surface area (Å²) in [4.78, 5) is 49.2. The molecule has 226 valence electrons. The van der Waals surface area contributed by atoms with Crippen molar-refractivity contribution in [2.45, 2.75) is 106 Å². The quantitative estimate of drug-likeness (QED) is 0.205. The molecular weight excluding hydrogens is 518 g/mol. The number of rotatable bonds is 16. The van der Waals surface area contributed by atoms with E-state index in [2.05, 4.69) is 0 Å². The number of benzene rings is 1. The second kappa shape index (κ2) is 17.5. The van der Waals surface area contributed by atoms with Gasteiger partial charge in [0, 0.05) is 12.8 Å². The van der Waals surface area contributed by atoms with Crippen LogP contribution in [0.4, 0.5) is 4.79 Å². The van der Waals surface area contributed by atoms with Gasteiger partial charge in [-0.1, -0.05) is 60.5 Å². The fourth-order valence-corrected chi connectivity index (χ4v) is 3.19. The number of hydrogen-bond acceptors (Lipinski definition) is 10. The van der Waals surface area contributed by atoms with Gasteiger partial charge in [-0.15, -0.1) is 0 Å². The van der Waals surface area contributed by atoms with Crippen LogP contribution in [0.5, 0.6) is 11.5 Å². The Morgan fingerprint density at radius 3 is 1.88 bits per heavy atom. The Morgan fingerprint density at radius 1 is 0.800 bits per heavy atom. The zero-order chi connectivity index (χ0) is 30.4. The summed E-state index contributed by atoms with van der Waals surface area (Å²) in [7, 11) is 0. The molecule has 0 saturated heterocycles. The van der Waals surface area contributed by atoms with Crippen LogP contribution in [0.3, 0.4) is 0 Å². The monoisotopic (exact) mass is 565 g/mol. The molecule has 0 bridgehead atoms. The Labute approximate surface area is 238 Å². The number of nitrogens with two attached hydrogens (primary N) is 1. The van der Waals surface area contributed by atoms with Gasteiger partial charge in [-0.2, -0.15) is 0 Å². The summed E-state index contributed by atoms with van der Waals surface area (Å²) < 4.78 is 26.5. The summed E-state index contributed by atoms with van der Waals surface area (Å²) in [5.41, 5.74) is 6.64. The molecule has 1 aromatic carbocycles. The molecule has 10 nitrogen and oxygen atoms in total. The van der Waals surface area contributed by atoms with Crippen molar-refractivity contribution >= 4 is 24.1 Å². The molecule has 0 aromatic heterocycles. The number of carbonyl (C=O) groups excluding carboxylic acids is 4. The van der Waals surface area contributed by atoms with Crippen LogP contribution in [0.1, 0.15) is 86.6 Å². The lowest BCUT2D eigenvalue weighted by Gasteiger charge is -2.19. The van der Waals surface area contributed by atoms with Crippen molar-refractivity contribution in [3.8, 4) is 11.5 Å². The average Bonchev–Trinajstić information content (AvgIpc) is 2.88. The van der Waals surface area contributed by atoms with Gasteiger partial charge < -0.3 is 29.4 Å². The highest BCUT2D eigenvalue weighted by atomic mass is 16.7. The van der Waals surface area contributed by atoms with Gasteiger partial charge in [-0.3, -0.25) is 14.4 Å². The fraction of sp³-hybridized carbons (Fsp3) is 0.667. The van der Waals surface area contributed by atoms with Crippen molar-refractivity contribution in [3.05, 3.63) is 23.8 Å². The van der Waals surface area contributed by atoms with Gasteiger partial charge in [0.15, 0.2) is 11.5 Å². The molecule has 0 radical (unpaired) electrons. The third kappa shape index (κ3) is 13.3. The minimum absolute atomic E-state index is 0.0685. The molecule has 0 fully saturated rings. The number of ether oxygens (including phenoxy) is 5. The van der Waals surface area contributed by atoms with Gasteiger partial charge in [-0.25, -0.2) is 4.79 Å². The predicted octanol–water partition coefficient (Wildman–Crippen LogP) is 5.37. The molecular formula is C30H47NO9. The van der Waals surface area contributed by atoms with Gasteiger partial charge in [0.2, 0.25) is 0 Å². The van der Waals surface area contributed by atoms with E-state index in [0.29, 0.717) is 5.56 Å². The molecule has 0 aliphatic carbocycles. The number of hydrogen-bond donors (Lipinski definition) is 1. The lowest BCUT2D eigenvalue weighted by atomic mass is 10.0. The van der Waals surface area contributed by atoms with E-state index >= 15 is 0 Å². The van der Waals surface area contributed by atoms with E-state index in [1.54, 1.807) is 19.9 Å². The molecule has 5 atom stereocenters. The summed E-state index contributed by atoms with van der Waals surface area (Å²) in [6, 6.07) is 3.66. The normalized spacial score (nSPS) is 14.8. The molecule has 1 aromatic rings. The molecule has 0 aliphatic rings. The van der Waals surface area contributed by atoms with Gasteiger partial charge in [-0.05, 0) is 55.7 Å². The van der Waals surface area contributed by atoms with Gasteiger partial charge in [0.25, 0.3) is 0 Å². The predicted molar refractivity (Wildman–Crippen MR) is 150 cm³/mol. The largest absolute Gasteiger partial charge is 0.508 e. The SMILES string of the molecule is CCC(C)CC(=O)Oc1ccc(C[C@H](N)C(=O)OC[C@H](C)OC(=O)OC(C)C(C)C)cc1OC(=O)CC(C)CC. The maximum absolute atomic E-state index is 12.5. The van der Waals surface area contributed by atoms with Crippen LogP contribution in [0.2, 0.25) is 0 Å². The molecule has 40 heavy (non-hydrogen) atoms. The second-order valence-corrected chi connectivity index (χ2v) is 10.9.